The molecule has 30 heavy (non-hydrogen) atoms. The van der Waals surface area contributed by atoms with E-state index in [1.807, 2.05) is 6.08 Å². The summed E-state index contributed by atoms with van der Waals surface area (Å²) in [7, 11) is 0. The Balaban J connectivity index is 1.56. The average Bonchev–Trinajstić information content (AvgIpc) is 3.36. The molecular weight excluding hydrogens is 446 g/mol. The highest BCUT2D eigenvalue weighted by Crippen LogP contribution is 2.29. The van der Waals surface area contributed by atoms with Crippen molar-refractivity contribution >= 4 is 33.7 Å². The van der Waals surface area contributed by atoms with Crippen LogP contribution in [0.5, 0.6) is 5.95 Å². The summed E-state index contributed by atoms with van der Waals surface area (Å²) in [6, 6.07) is 11.4. The fourth-order valence-corrected chi connectivity index (χ4v) is 4.52. The summed E-state index contributed by atoms with van der Waals surface area (Å²) in [6.07, 6.45) is 10.5. The monoisotopic (exact) mass is 465 g/mol. The lowest BCUT2D eigenvalue weighted by atomic mass is 9.85. The van der Waals surface area contributed by atoms with Gasteiger partial charge in [-0.1, -0.05) is 40.2 Å². The van der Waals surface area contributed by atoms with Crippen LogP contribution in [0.3, 0.4) is 0 Å². The number of halogens is 1. The van der Waals surface area contributed by atoms with Crippen molar-refractivity contribution in [1.29, 1.82) is 0 Å². The Labute approximate surface area is 181 Å². The predicted molar refractivity (Wildman–Crippen MR) is 117 cm³/mol. The van der Waals surface area contributed by atoms with Gasteiger partial charge in [0, 0.05) is 21.8 Å². The number of H-pyrrole nitrogens is 1. The SMILES string of the molecule is O=C(O)c1ccc(OC2=c3[nH]c4c(c3C(Cc3ccc(Br)cc3)C=C2)CCCC=4)o1. The van der Waals surface area contributed by atoms with Crippen molar-refractivity contribution in [1.82, 2.24) is 4.98 Å². The number of allylic oxidation sites excluding steroid dienone is 1. The number of nitrogens with one attached hydrogen (secondary N) is 1. The number of hydrogen-bond donors (Lipinski definition) is 2. The van der Waals surface area contributed by atoms with Crippen LogP contribution in [0.4, 0.5) is 0 Å². The lowest BCUT2D eigenvalue weighted by Crippen LogP contribution is -2.23. The highest BCUT2D eigenvalue weighted by atomic mass is 79.9. The van der Waals surface area contributed by atoms with E-state index in [1.54, 1.807) is 0 Å². The van der Waals surface area contributed by atoms with Gasteiger partial charge in [0.05, 0.1) is 5.35 Å². The molecule has 0 aliphatic heterocycles. The van der Waals surface area contributed by atoms with Crippen molar-refractivity contribution < 1.29 is 19.1 Å². The van der Waals surface area contributed by atoms with Crippen LogP contribution >= 0.6 is 15.9 Å². The molecule has 2 N–H and O–H groups in total. The minimum atomic E-state index is -1.12. The molecular formula is C24H20BrNO4. The van der Waals surface area contributed by atoms with E-state index < -0.39 is 5.97 Å². The molecule has 0 bridgehead atoms. The number of rotatable bonds is 5. The highest BCUT2D eigenvalue weighted by Gasteiger charge is 2.25. The van der Waals surface area contributed by atoms with E-state index in [1.165, 1.54) is 34.2 Å². The molecule has 2 aliphatic carbocycles. The second-order valence-electron chi connectivity index (χ2n) is 7.59. The third-order valence-electron chi connectivity index (χ3n) is 5.63. The van der Waals surface area contributed by atoms with Gasteiger partial charge in [-0.15, -0.1) is 0 Å². The molecule has 0 spiro atoms. The van der Waals surface area contributed by atoms with Gasteiger partial charge >= 0.3 is 5.97 Å². The highest BCUT2D eigenvalue weighted by molar-refractivity contribution is 9.10. The van der Waals surface area contributed by atoms with Crippen LogP contribution in [-0.4, -0.2) is 16.1 Å². The van der Waals surface area contributed by atoms with E-state index >= 15 is 0 Å². The van der Waals surface area contributed by atoms with Gasteiger partial charge in [-0.2, -0.15) is 0 Å². The lowest BCUT2D eigenvalue weighted by molar-refractivity contribution is 0.0657. The largest absolute Gasteiger partial charge is 0.475 e. The molecule has 0 saturated carbocycles. The van der Waals surface area contributed by atoms with E-state index in [4.69, 9.17) is 14.3 Å². The third-order valence-corrected chi connectivity index (χ3v) is 6.16. The van der Waals surface area contributed by atoms with Crippen LogP contribution in [0.2, 0.25) is 0 Å². The number of aromatic nitrogens is 1. The van der Waals surface area contributed by atoms with Crippen molar-refractivity contribution in [2.75, 3.05) is 0 Å². The van der Waals surface area contributed by atoms with Gasteiger partial charge < -0.3 is 19.2 Å². The van der Waals surface area contributed by atoms with E-state index in [-0.39, 0.29) is 17.6 Å². The number of carboxylic acids is 1. The first-order valence-corrected chi connectivity index (χ1v) is 10.8. The van der Waals surface area contributed by atoms with E-state index in [0.29, 0.717) is 5.76 Å². The Hall–Kier alpha value is -2.99. The Morgan fingerprint density at radius 3 is 2.83 bits per heavy atom. The molecule has 6 heteroatoms. The first-order chi connectivity index (χ1) is 14.6. The van der Waals surface area contributed by atoms with Crippen LogP contribution in [0.25, 0.3) is 11.8 Å². The molecule has 1 aromatic carbocycles. The molecule has 0 fully saturated rings. The summed E-state index contributed by atoms with van der Waals surface area (Å²) < 4.78 is 12.3. The summed E-state index contributed by atoms with van der Waals surface area (Å²) in [6.45, 7) is 0. The third kappa shape index (κ3) is 3.52. The molecule has 2 heterocycles. The maximum Gasteiger partial charge on any atom is 0.371 e. The molecule has 2 aliphatic rings. The normalized spacial score (nSPS) is 17.2. The molecule has 1 atom stereocenters. The second kappa shape index (κ2) is 7.69. The number of aromatic carboxylic acids is 1. The summed E-state index contributed by atoms with van der Waals surface area (Å²) in [4.78, 5) is 14.6. The zero-order valence-corrected chi connectivity index (χ0v) is 17.7. The van der Waals surface area contributed by atoms with E-state index in [9.17, 15) is 4.79 Å². The van der Waals surface area contributed by atoms with E-state index in [2.05, 4.69) is 57.3 Å². The van der Waals surface area contributed by atoms with Gasteiger partial charge in [-0.3, -0.25) is 0 Å². The quantitative estimate of drug-likeness (QED) is 0.589. The van der Waals surface area contributed by atoms with Crippen LogP contribution in [0.1, 0.15) is 46.0 Å². The van der Waals surface area contributed by atoms with Crippen molar-refractivity contribution in [3.8, 4) is 5.95 Å². The number of aromatic amines is 1. The van der Waals surface area contributed by atoms with Gasteiger partial charge in [-0.25, -0.2) is 4.79 Å². The minimum absolute atomic E-state index is 0.141. The smallest absolute Gasteiger partial charge is 0.371 e. The van der Waals surface area contributed by atoms with Gasteiger partial charge in [-0.05, 0) is 66.6 Å². The number of benzene rings is 1. The molecule has 5 nitrogen and oxygen atoms in total. The molecule has 0 amide bonds. The number of furan rings is 1. The summed E-state index contributed by atoms with van der Waals surface area (Å²) >= 11 is 3.50. The summed E-state index contributed by atoms with van der Waals surface area (Å²) in [5, 5.41) is 11.2. The molecule has 152 valence electrons. The van der Waals surface area contributed by atoms with Gasteiger partial charge in [0.15, 0.2) is 5.76 Å². The fourth-order valence-electron chi connectivity index (χ4n) is 4.26. The van der Waals surface area contributed by atoms with Crippen LogP contribution in [0, 0.1) is 0 Å². The predicted octanol–water partition coefficient (Wildman–Crippen LogP) is 4.27. The average molecular weight is 466 g/mol. The number of fused-ring (bicyclic) bond motifs is 3. The molecule has 0 radical (unpaired) electrons. The Morgan fingerprint density at radius 2 is 2.07 bits per heavy atom. The summed E-state index contributed by atoms with van der Waals surface area (Å²) in [5.74, 6) is -0.203. The number of carbonyl (C=O) groups is 1. The Morgan fingerprint density at radius 1 is 1.23 bits per heavy atom. The Kier molecular flexibility index (Phi) is 4.87. The standard InChI is InChI=1S/C24H20BrNO4/c25-16-8-5-14(6-9-16)13-15-7-10-19(29-21-12-11-20(30-21)24(27)28)23-22(15)17-3-1-2-4-18(17)26-23/h4-12,15,26H,1-3,13H2,(H,27,28). The molecule has 2 aromatic heterocycles. The van der Waals surface area contributed by atoms with Crippen molar-refractivity contribution in [3.05, 3.63) is 86.2 Å². The maximum absolute atomic E-state index is 11.1. The van der Waals surface area contributed by atoms with E-state index in [0.717, 1.165) is 35.5 Å². The molecule has 1 unspecified atom stereocenters. The zero-order chi connectivity index (χ0) is 20.7. The lowest BCUT2D eigenvalue weighted by Gasteiger charge is -2.19. The summed E-state index contributed by atoms with van der Waals surface area (Å²) in [5.41, 5.74) is 3.90. The van der Waals surface area contributed by atoms with Gasteiger partial charge in [0.1, 0.15) is 0 Å². The topological polar surface area (TPSA) is 75.5 Å². The number of hydrogen-bond acceptors (Lipinski definition) is 3. The minimum Gasteiger partial charge on any atom is -0.475 e. The molecule has 3 aromatic rings. The second-order valence-corrected chi connectivity index (χ2v) is 8.50. The van der Waals surface area contributed by atoms with Crippen LogP contribution < -0.4 is 15.4 Å². The van der Waals surface area contributed by atoms with Gasteiger partial charge in [0.2, 0.25) is 5.76 Å². The van der Waals surface area contributed by atoms with Crippen molar-refractivity contribution in [3.63, 3.8) is 0 Å². The first-order valence-electron chi connectivity index (χ1n) is 9.97. The molecule has 5 rings (SSSR count). The van der Waals surface area contributed by atoms with Crippen molar-refractivity contribution in [2.45, 2.75) is 31.6 Å². The zero-order valence-electron chi connectivity index (χ0n) is 16.2. The maximum atomic E-state index is 11.1. The molecule has 0 saturated heterocycles. The van der Waals surface area contributed by atoms with Crippen LogP contribution in [-0.2, 0) is 12.8 Å². The number of carboxylic acid groups (broad SMARTS) is 1. The first kappa shape index (κ1) is 19.0. The number of ether oxygens (including phenoxy) is 1. The van der Waals surface area contributed by atoms with Crippen molar-refractivity contribution in [2.24, 2.45) is 0 Å². The fraction of sp³-hybridized carbons (Fsp3) is 0.208. The van der Waals surface area contributed by atoms with Crippen LogP contribution in [0.15, 0.2) is 57.4 Å². The Bertz CT molecular complexity index is 1260. The van der Waals surface area contributed by atoms with Gasteiger partial charge in [0.25, 0.3) is 5.95 Å².